The number of pyridine rings is 1. The van der Waals surface area contributed by atoms with Gasteiger partial charge in [0.25, 0.3) is 0 Å². The van der Waals surface area contributed by atoms with E-state index in [4.69, 9.17) is 9.47 Å². The molecule has 0 atom stereocenters. The number of nitrogens with one attached hydrogen (secondary N) is 1. The Kier molecular flexibility index (Phi) is 14.1. The van der Waals surface area contributed by atoms with Crippen LogP contribution in [0, 0.1) is 0 Å². The number of nitrogens with zero attached hydrogens (tertiary/aromatic N) is 1. The number of H-pyrrole nitrogens is 1. The second-order valence-electron chi connectivity index (χ2n) is 11.7. The number of aromatic nitrogens is 2. The largest absolute Gasteiger partial charge is 1.00 e. The van der Waals surface area contributed by atoms with Crippen LogP contribution in [-0.2, 0) is 19.4 Å². The van der Waals surface area contributed by atoms with Crippen LogP contribution < -0.4 is 31.0 Å². The minimum absolute atomic E-state index is 0. The number of para-hydroxylation sites is 1. The Hall–Kier alpha value is -4.35. The van der Waals surface area contributed by atoms with E-state index in [2.05, 4.69) is 133 Å². The molecule has 0 aliphatic rings. The summed E-state index contributed by atoms with van der Waals surface area (Å²) in [4.78, 5) is 3.34. The average molecular weight is 692 g/mol. The lowest BCUT2D eigenvalue weighted by molar-refractivity contribution is -0.697. The molecule has 1 N–H and O–H groups in total. The molecule has 0 saturated heterocycles. The van der Waals surface area contributed by atoms with Gasteiger partial charge in [-0.15, -0.1) is 13.2 Å². The third-order valence-electron chi connectivity index (χ3n) is 8.18. The number of allylic oxidation sites excluding steroid dienone is 2. The van der Waals surface area contributed by atoms with Crippen molar-refractivity contribution in [2.45, 2.75) is 58.4 Å². The van der Waals surface area contributed by atoms with Crippen molar-refractivity contribution in [1.82, 2.24) is 4.98 Å². The summed E-state index contributed by atoms with van der Waals surface area (Å²) < 4.78 is 14.7. The fourth-order valence-electron chi connectivity index (χ4n) is 5.72. The van der Waals surface area contributed by atoms with Crippen LogP contribution in [0.4, 0.5) is 0 Å². The Bertz CT molecular complexity index is 1750. The smallest absolute Gasteiger partial charge is 0.169 e. The van der Waals surface area contributed by atoms with E-state index in [1.807, 2.05) is 12.2 Å². The molecule has 244 valence electrons. The minimum atomic E-state index is 0. The van der Waals surface area contributed by atoms with E-state index in [1.54, 1.807) is 0 Å². The molecule has 4 nitrogen and oxygen atoms in total. The van der Waals surface area contributed by atoms with Crippen LogP contribution in [0.3, 0.4) is 0 Å². The number of aromatic amines is 1. The fraction of sp³-hybridized carbons (Fsp3) is 0.262. The molecule has 0 fully saturated rings. The second kappa shape index (κ2) is 18.7. The summed E-state index contributed by atoms with van der Waals surface area (Å²) in [6.07, 6.45) is 21.7. The molecule has 5 rings (SSSR count). The molecule has 0 amide bonds. The van der Waals surface area contributed by atoms with Gasteiger partial charge in [0.2, 0.25) is 0 Å². The highest BCUT2D eigenvalue weighted by molar-refractivity contribution is 5.91. The predicted octanol–water partition coefficient (Wildman–Crippen LogP) is 7.18. The molecule has 0 aliphatic heterocycles. The molecule has 0 radical (unpaired) electrons. The van der Waals surface area contributed by atoms with Crippen molar-refractivity contribution >= 4 is 23.1 Å². The molecule has 0 bridgehead atoms. The van der Waals surface area contributed by atoms with Crippen LogP contribution in [0.1, 0.15) is 61.3 Å². The summed E-state index contributed by atoms with van der Waals surface area (Å²) in [5.41, 5.74) is 8.20. The highest BCUT2D eigenvalue weighted by Gasteiger charge is 2.12. The highest BCUT2D eigenvalue weighted by atomic mass is 79.9. The van der Waals surface area contributed by atoms with E-state index in [9.17, 15) is 0 Å². The molecule has 0 aliphatic carbocycles. The van der Waals surface area contributed by atoms with E-state index in [1.165, 1.54) is 34.0 Å². The fourth-order valence-corrected chi connectivity index (χ4v) is 5.72. The van der Waals surface area contributed by atoms with Crippen LogP contribution >= 0.6 is 0 Å². The Morgan fingerprint density at radius 3 is 2.34 bits per heavy atom. The summed E-state index contributed by atoms with van der Waals surface area (Å²) in [6.45, 7) is 12.5. The average Bonchev–Trinajstić information content (AvgIpc) is 3.50. The van der Waals surface area contributed by atoms with Gasteiger partial charge in [-0.3, -0.25) is 0 Å². The zero-order valence-corrected chi connectivity index (χ0v) is 29.2. The van der Waals surface area contributed by atoms with Gasteiger partial charge in [-0.1, -0.05) is 61.6 Å². The molecular weight excluding hydrogens is 644 g/mol. The zero-order chi connectivity index (χ0) is 32.0. The molecule has 0 saturated carbocycles. The van der Waals surface area contributed by atoms with Crippen molar-refractivity contribution in [1.29, 1.82) is 0 Å². The summed E-state index contributed by atoms with van der Waals surface area (Å²) in [7, 11) is 0. The number of hydrogen-bond acceptors (Lipinski definition) is 2. The third-order valence-corrected chi connectivity index (χ3v) is 8.18. The lowest BCUT2D eigenvalue weighted by Gasteiger charge is -2.16. The lowest BCUT2D eigenvalue weighted by Crippen LogP contribution is -3.00. The molecule has 5 aromatic rings. The first kappa shape index (κ1) is 35.5. The van der Waals surface area contributed by atoms with Crippen molar-refractivity contribution < 1.29 is 31.0 Å². The number of unbranched alkanes of at least 4 members (excludes halogenated alkanes) is 3. The summed E-state index contributed by atoms with van der Waals surface area (Å²) in [6, 6.07) is 25.7. The Morgan fingerprint density at radius 2 is 1.53 bits per heavy atom. The Morgan fingerprint density at radius 1 is 0.766 bits per heavy atom. The molecule has 5 heteroatoms. The number of ether oxygens (including phenoxy) is 2. The van der Waals surface area contributed by atoms with Crippen LogP contribution in [0.5, 0.6) is 11.5 Å². The maximum atomic E-state index is 6.28. The molecular formula is C42H47BrN2O2. The van der Waals surface area contributed by atoms with E-state index in [-0.39, 0.29) is 17.0 Å². The van der Waals surface area contributed by atoms with Crippen LogP contribution in [0.15, 0.2) is 117 Å². The number of rotatable bonds is 18. The van der Waals surface area contributed by atoms with Gasteiger partial charge in [-0.25, -0.2) is 4.57 Å². The third kappa shape index (κ3) is 10.1. The minimum Gasteiger partial charge on any atom is -1.00 e. The van der Waals surface area contributed by atoms with Gasteiger partial charge in [-0.2, -0.15) is 0 Å². The Labute approximate surface area is 291 Å². The highest BCUT2D eigenvalue weighted by Crippen LogP contribution is 2.35. The second-order valence-corrected chi connectivity index (χ2v) is 11.7. The normalized spacial score (nSPS) is 11.0. The first-order chi connectivity index (χ1) is 22.7. The van der Waals surface area contributed by atoms with Crippen LogP contribution in [0.2, 0.25) is 0 Å². The van der Waals surface area contributed by atoms with E-state index >= 15 is 0 Å². The lowest BCUT2D eigenvalue weighted by atomic mass is 9.97. The molecule has 2 heterocycles. The van der Waals surface area contributed by atoms with Crippen molar-refractivity contribution in [3.05, 3.63) is 139 Å². The SMILES string of the molecule is C=CCc1ccc(OCCC)c(-c2ccc(OCCCCCC[n+]3ccc(/C=C/c4c[nH]c5ccccc45)cc3)c(CC=C)c2)c1.[Br-]. The number of halogens is 1. The predicted molar refractivity (Wildman–Crippen MR) is 193 cm³/mol. The van der Waals surface area contributed by atoms with Gasteiger partial charge in [0.05, 0.1) is 13.2 Å². The molecule has 0 unspecified atom stereocenters. The number of fused-ring (bicyclic) bond motifs is 1. The summed E-state index contributed by atoms with van der Waals surface area (Å²) >= 11 is 0. The van der Waals surface area contributed by atoms with Gasteiger partial charge >= 0.3 is 0 Å². The standard InChI is InChI=1S/C42H46N2O2.BrH/c1-4-13-34-18-21-42(45-28-6-3)39(30-34)35-20-22-41(36(31-35)14-5-2)46-29-12-8-7-11-25-44-26-23-33(24-27-44)17-19-37-32-43-40-16-10-9-15-38(37)40;/h4-5,9-10,15-24,26-27,30-32H,1-2,6-8,11-14,25,28-29H2,3H3;1H. The van der Waals surface area contributed by atoms with Crippen molar-refractivity contribution in [3.8, 4) is 22.6 Å². The van der Waals surface area contributed by atoms with E-state index in [0.29, 0.717) is 13.2 Å². The molecule has 2 aromatic heterocycles. The van der Waals surface area contributed by atoms with Gasteiger partial charge in [-0.05, 0) is 96.7 Å². The van der Waals surface area contributed by atoms with Gasteiger partial charge in [0.15, 0.2) is 12.4 Å². The molecule has 0 spiro atoms. The molecule has 47 heavy (non-hydrogen) atoms. The van der Waals surface area contributed by atoms with E-state index < -0.39 is 0 Å². The van der Waals surface area contributed by atoms with Crippen LogP contribution in [-0.4, -0.2) is 18.2 Å². The quantitative estimate of drug-likeness (QED) is 0.0601. The Balaban J connectivity index is 0.00000500. The first-order valence-corrected chi connectivity index (χ1v) is 16.7. The first-order valence-electron chi connectivity index (χ1n) is 16.7. The summed E-state index contributed by atoms with van der Waals surface area (Å²) in [5.74, 6) is 1.86. The monoisotopic (exact) mass is 690 g/mol. The topological polar surface area (TPSA) is 38.1 Å². The van der Waals surface area contributed by atoms with Crippen LogP contribution in [0.25, 0.3) is 34.2 Å². The van der Waals surface area contributed by atoms with Crippen molar-refractivity contribution in [2.24, 2.45) is 0 Å². The van der Waals surface area contributed by atoms with Gasteiger partial charge in [0.1, 0.15) is 18.0 Å². The maximum Gasteiger partial charge on any atom is 0.169 e. The zero-order valence-electron chi connectivity index (χ0n) is 27.6. The van der Waals surface area contributed by atoms with Crippen molar-refractivity contribution in [2.75, 3.05) is 13.2 Å². The molecule has 3 aromatic carbocycles. The number of benzene rings is 3. The number of hydrogen-bond donors (Lipinski definition) is 1. The van der Waals surface area contributed by atoms with Gasteiger partial charge < -0.3 is 31.4 Å². The maximum absolute atomic E-state index is 6.28. The van der Waals surface area contributed by atoms with Gasteiger partial charge in [0, 0.05) is 41.2 Å². The van der Waals surface area contributed by atoms with Crippen molar-refractivity contribution in [3.63, 3.8) is 0 Å². The number of aryl methyl sites for hydroxylation is 1. The summed E-state index contributed by atoms with van der Waals surface area (Å²) in [5, 5.41) is 1.25. The van der Waals surface area contributed by atoms with E-state index in [0.717, 1.165) is 73.3 Å².